The van der Waals surface area contributed by atoms with Gasteiger partial charge in [-0.1, -0.05) is 51.3 Å². The second-order valence-electron chi connectivity index (χ2n) is 7.26. The largest absolute Gasteiger partial charge is 0.421 e. The summed E-state index contributed by atoms with van der Waals surface area (Å²) in [6, 6.07) is 18.1. The maximum Gasteiger partial charge on any atom is 0.363 e. The van der Waals surface area contributed by atoms with E-state index in [2.05, 4.69) is 36.9 Å². The molecule has 0 fully saturated rings. The first-order valence-corrected chi connectivity index (χ1v) is 11.3. The van der Waals surface area contributed by atoms with Gasteiger partial charge in [-0.25, -0.2) is 14.6 Å². The molecule has 0 aromatic heterocycles. The predicted octanol–water partition coefficient (Wildman–Crippen LogP) is 6.39. The summed E-state index contributed by atoms with van der Waals surface area (Å²) in [6.45, 7) is 3.92. The molecule has 0 atom stereocenters. The van der Waals surface area contributed by atoms with E-state index < -0.39 is 11.9 Å². The molecule has 3 aromatic carbocycles. The van der Waals surface area contributed by atoms with Gasteiger partial charge in [-0.05, 0) is 72.3 Å². The molecule has 0 N–H and O–H groups in total. The molecule has 1 heterocycles. The minimum atomic E-state index is -0.576. The number of esters is 2. The van der Waals surface area contributed by atoms with Crippen molar-refractivity contribution in [2.24, 2.45) is 4.99 Å². The topological polar surface area (TPSA) is 65.0 Å². The standard InChI is InChI=1S/C25H17Br2NO4/c1-14-3-7-16(8-4-14)23-28-21(25(30)32-23)12-18-11-19(26)13-20(27)22(18)31-24(29)17-9-5-15(2)6-10-17/h3-13H,1-2H3/b21-12-. The number of hydrogen-bond donors (Lipinski definition) is 0. The summed E-state index contributed by atoms with van der Waals surface area (Å²) in [5.74, 6) is -0.579. The third-order valence-electron chi connectivity index (χ3n) is 4.73. The van der Waals surface area contributed by atoms with E-state index in [9.17, 15) is 9.59 Å². The van der Waals surface area contributed by atoms with Crippen molar-refractivity contribution >= 4 is 55.8 Å². The summed E-state index contributed by atoms with van der Waals surface area (Å²) in [7, 11) is 0. The Morgan fingerprint density at radius 3 is 2.25 bits per heavy atom. The molecule has 1 aliphatic rings. The van der Waals surface area contributed by atoms with Crippen LogP contribution in [0.2, 0.25) is 0 Å². The van der Waals surface area contributed by atoms with Crippen LogP contribution in [0, 0.1) is 13.8 Å². The maximum atomic E-state index is 12.7. The maximum absolute atomic E-state index is 12.7. The summed E-state index contributed by atoms with van der Waals surface area (Å²) in [5, 5.41) is 0. The number of ether oxygens (including phenoxy) is 2. The second-order valence-corrected chi connectivity index (χ2v) is 9.03. The van der Waals surface area contributed by atoms with E-state index in [-0.39, 0.29) is 17.3 Å². The normalized spacial score (nSPS) is 14.3. The molecular weight excluding hydrogens is 538 g/mol. The number of aryl methyl sites for hydroxylation is 2. The van der Waals surface area contributed by atoms with Gasteiger partial charge in [0.25, 0.3) is 0 Å². The highest BCUT2D eigenvalue weighted by molar-refractivity contribution is 9.11. The molecule has 0 saturated heterocycles. The summed E-state index contributed by atoms with van der Waals surface area (Å²) in [6.07, 6.45) is 1.54. The molecule has 32 heavy (non-hydrogen) atoms. The quantitative estimate of drug-likeness (QED) is 0.213. The highest BCUT2D eigenvalue weighted by Crippen LogP contribution is 2.35. The molecule has 1 aliphatic heterocycles. The van der Waals surface area contributed by atoms with Crippen molar-refractivity contribution < 1.29 is 19.1 Å². The number of halogens is 2. The predicted molar refractivity (Wildman–Crippen MR) is 130 cm³/mol. The molecule has 0 saturated carbocycles. The van der Waals surface area contributed by atoms with Crippen molar-refractivity contribution in [3.05, 3.63) is 103 Å². The van der Waals surface area contributed by atoms with E-state index in [0.29, 0.717) is 21.2 Å². The van der Waals surface area contributed by atoms with Crippen LogP contribution < -0.4 is 4.74 Å². The van der Waals surface area contributed by atoms with E-state index in [1.807, 2.05) is 50.2 Å². The lowest BCUT2D eigenvalue weighted by molar-refractivity contribution is -0.129. The molecule has 7 heteroatoms. The molecule has 5 nitrogen and oxygen atoms in total. The van der Waals surface area contributed by atoms with Crippen molar-refractivity contribution in [2.75, 3.05) is 0 Å². The van der Waals surface area contributed by atoms with Crippen LogP contribution in [0.4, 0.5) is 0 Å². The third kappa shape index (κ3) is 4.89. The van der Waals surface area contributed by atoms with Crippen LogP contribution >= 0.6 is 31.9 Å². The number of benzene rings is 3. The van der Waals surface area contributed by atoms with E-state index in [1.54, 1.807) is 24.3 Å². The van der Waals surface area contributed by atoms with Crippen LogP contribution in [0.1, 0.15) is 32.6 Å². The Labute approximate surface area is 202 Å². The molecule has 160 valence electrons. The SMILES string of the molecule is Cc1ccc(C(=O)Oc2c(Br)cc(Br)cc2/C=C2\N=C(c3ccc(C)cc3)OC2=O)cc1. The van der Waals surface area contributed by atoms with Gasteiger partial charge in [0.15, 0.2) is 11.4 Å². The van der Waals surface area contributed by atoms with Crippen LogP contribution in [0.5, 0.6) is 5.75 Å². The van der Waals surface area contributed by atoms with Gasteiger partial charge in [0.1, 0.15) is 0 Å². The zero-order valence-corrected chi connectivity index (χ0v) is 20.4. The van der Waals surface area contributed by atoms with E-state index >= 15 is 0 Å². The Morgan fingerprint density at radius 1 is 0.969 bits per heavy atom. The van der Waals surface area contributed by atoms with E-state index in [4.69, 9.17) is 9.47 Å². The smallest absolute Gasteiger partial charge is 0.363 e. The first-order valence-electron chi connectivity index (χ1n) is 9.67. The monoisotopic (exact) mass is 553 g/mol. The van der Waals surface area contributed by atoms with Crippen LogP contribution in [-0.2, 0) is 9.53 Å². The summed E-state index contributed by atoms with van der Waals surface area (Å²) >= 11 is 6.88. The fourth-order valence-electron chi connectivity index (χ4n) is 3.01. The van der Waals surface area contributed by atoms with Crippen molar-refractivity contribution in [2.45, 2.75) is 13.8 Å². The van der Waals surface area contributed by atoms with Crippen LogP contribution in [-0.4, -0.2) is 17.8 Å². The Morgan fingerprint density at radius 2 is 1.59 bits per heavy atom. The van der Waals surface area contributed by atoms with Gasteiger partial charge in [-0.3, -0.25) is 0 Å². The molecule has 3 aromatic rings. The summed E-state index contributed by atoms with van der Waals surface area (Å²) < 4.78 is 12.3. The van der Waals surface area contributed by atoms with Gasteiger partial charge in [0.2, 0.25) is 5.90 Å². The van der Waals surface area contributed by atoms with E-state index in [1.165, 1.54) is 6.08 Å². The van der Waals surface area contributed by atoms with Gasteiger partial charge in [-0.15, -0.1) is 0 Å². The number of carbonyl (C=O) groups excluding carboxylic acids is 2. The minimum absolute atomic E-state index is 0.109. The fourth-order valence-corrected chi connectivity index (χ4v) is 4.35. The average molecular weight is 555 g/mol. The van der Waals surface area contributed by atoms with Crippen molar-refractivity contribution in [3.63, 3.8) is 0 Å². The molecule has 0 amide bonds. The number of rotatable bonds is 4. The molecule has 0 unspecified atom stereocenters. The molecule has 0 bridgehead atoms. The number of cyclic esters (lactones) is 1. The first-order chi connectivity index (χ1) is 15.3. The molecule has 0 spiro atoms. The fraction of sp³-hybridized carbons (Fsp3) is 0.0800. The Hall–Kier alpha value is -3.03. The van der Waals surface area contributed by atoms with Gasteiger partial charge in [0, 0.05) is 15.6 Å². The lowest BCUT2D eigenvalue weighted by Gasteiger charge is -2.11. The Bertz CT molecular complexity index is 1280. The Balaban J connectivity index is 1.69. The second kappa shape index (κ2) is 9.22. The highest BCUT2D eigenvalue weighted by Gasteiger charge is 2.25. The lowest BCUT2D eigenvalue weighted by atomic mass is 10.1. The lowest BCUT2D eigenvalue weighted by Crippen LogP contribution is -2.10. The van der Waals surface area contributed by atoms with Crippen molar-refractivity contribution in [1.82, 2.24) is 0 Å². The zero-order valence-electron chi connectivity index (χ0n) is 17.2. The van der Waals surface area contributed by atoms with Crippen LogP contribution in [0.3, 0.4) is 0 Å². The van der Waals surface area contributed by atoms with Crippen LogP contribution in [0.25, 0.3) is 6.08 Å². The highest BCUT2D eigenvalue weighted by atomic mass is 79.9. The number of nitrogens with zero attached hydrogens (tertiary/aromatic N) is 1. The van der Waals surface area contributed by atoms with Gasteiger partial charge in [-0.2, -0.15) is 0 Å². The molecule has 4 rings (SSSR count). The van der Waals surface area contributed by atoms with Crippen molar-refractivity contribution in [3.8, 4) is 5.75 Å². The minimum Gasteiger partial charge on any atom is -0.421 e. The third-order valence-corrected chi connectivity index (χ3v) is 5.78. The average Bonchev–Trinajstić information content (AvgIpc) is 3.11. The molecule has 0 radical (unpaired) electrons. The summed E-state index contributed by atoms with van der Waals surface area (Å²) in [5.41, 5.74) is 3.86. The molecule has 0 aliphatic carbocycles. The van der Waals surface area contributed by atoms with Crippen LogP contribution in [0.15, 0.2) is 80.3 Å². The number of aliphatic imine (C=N–C) groups is 1. The van der Waals surface area contributed by atoms with Gasteiger partial charge in [0.05, 0.1) is 10.0 Å². The summed E-state index contributed by atoms with van der Waals surface area (Å²) in [4.78, 5) is 29.5. The number of carbonyl (C=O) groups is 2. The van der Waals surface area contributed by atoms with Crippen molar-refractivity contribution in [1.29, 1.82) is 0 Å². The zero-order chi connectivity index (χ0) is 22.8. The van der Waals surface area contributed by atoms with E-state index in [0.717, 1.165) is 15.6 Å². The number of hydrogen-bond acceptors (Lipinski definition) is 5. The first kappa shape index (κ1) is 22.2. The van der Waals surface area contributed by atoms with Gasteiger partial charge < -0.3 is 9.47 Å². The Kier molecular flexibility index (Phi) is 6.39. The molecular formula is C25H17Br2NO4. The van der Waals surface area contributed by atoms with Gasteiger partial charge >= 0.3 is 11.9 Å².